The topological polar surface area (TPSA) is 22.0 Å². The Hall–Kier alpha value is -1.05. The van der Waals surface area contributed by atoms with Crippen LogP contribution in [0.2, 0.25) is 0 Å². The lowest BCUT2D eigenvalue weighted by molar-refractivity contribution is 0.0770. The molecule has 2 heteroatoms. The normalized spacial score (nSPS) is 11.8. The largest absolute Gasteiger partial charge is 0.348 e. The van der Waals surface area contributed by atoms with Gasteiger partial charge in [0.25, 0.3) is 0 Å². The van der Waals surface area contributed by atoms with Crippen molar-refractivity contribution in [1.29, 1.82) is 0 Å². The number of carbonyl (C=O) groups excluding carboxylic acids is 1. The molecule has 1 aromatic heterocycles. The minimum absolute atomic E-state index is 0.182. The van der Waals surface area contributed by atoms with Gasteiger partial charge in [0.2, 0.25) is 0 Å². The second kappa shape index (κ2) is 6.77. The number of hydrogen-bond donors (Lipinski definition) is 0. The highest BCUT2D eigenvalue weighted by Crippen LogP contribution is 2.34. The average Bonchev–Trinajstić information content (AvgIpc) is 2.79. The van der Waals surface area contributed by atoms with Crippen LogP contribution in [0, 0.1) is 5.41 Å². The van der Waals surface area contributed by atoms with Crippen LogP contribution in [-0.2, 0) is 7.05 Å². The SMILES string of the molecule is CCCCC(C)(CCCC)C(=O)c1cccn1C. The number of carbonyl (C=O) groups is 1. The first-order chi connectivity index (χ1) is 8.55. The molecule has 102 valence electrons. The van der Waals surface area contributed by atoms with Crippen molar-refractivity contribution >= 4 is 5.78 Å². The number of hydrogen-bond acceptors (Lipinski definition) is 1. The second-order valence-electron chi connectivity index (χ2n) is 5.60. The number of nitrogens with zero attached hydrogens (tertiary/aromatic N) is 1. The second-order valence-corrected chi connectivity index (χ2v) is 5.60. The van der Waals surface area contributed by atoms with Crippen LogP contribution in [0.15, 0.2) is 18.3 Å². The van der Waals surface area contributed by atoms with Gasteiger partial charge in [-0.15, -0.1) is 0 Å². The Morgan fingerprint density at radius 2 is 1.78 bits per heavy atom. The Morgan fingerprint density at radius 3 is 2.17 bits per heavy atom. The third kappa shape index (κ3) is 3.47. The number of aromatic nitrogens is 1. The van der Waals surface area contributed by atoms with E-state index in [4.69, 9.17) is 0 Å². The lowest BCUT2D eigenvalue weighted by Gasteiger charge is -2.28. The van der Waals surface area contributed by atoms with Crippen LogP contribution in [0.5, 0.6) is 0 Å². The van der Waals surface area contributed by atoms with Gasteiger partial charge < -0.3 is 4.57 Å². The van der Waals surface area contributed by atoms with Crippen LogP contribution in [0.1, 0.15) is 69.8 Å². The van der Waals surface area contributed by atoms with E-state index in [1.165, 1.54) is 0 Å². The van der Waals surface area contributed by atoms with E-state index in [-0.39, 0.29) is 5.41 Å². The summed E-state index contributed by atoms with van der Waals surface area (Å²) >= 11 is 0. The van der Waals surface area contributed by atoms with Crippen LogP contribution >= 0.6 is 0 Å². The molecular formula is C16H27NO. The highest BCUT2D eigenvalue weighted by Gasteiger charge is 2.33. The number of rotatable bonds is 8. The zero-order valence-corrected chi connectivity index (χ0v) is 12.3. The van der Waals surface area contributed by atoms with E-state index in [1.807, 2.05) is 29.9 Å². The minimum atomic E-state index is -0.182. The monoisotopic (exact) mass is 249 g/mol. The van der Waals surface area contributed by atoms with Crippen molar-refractivity contribution in [3.63, 3.8) is 0 Å². The molecule has 0 atom stereocenters. The summed E-state index contributed by atoms with van der Waals surface area (Å²) < 4.78 is 1.94. The zero-order chi connectivity index (χ0) is 13.6. The molecule has 1 aromatic rings. The molecule has 18 heavy (non-hydrogen) atoms. The molecule has 0 saturated carbocycles. The van der Waals surface area contributed by atoms with Gasteiger partial charge in [-0.1, -0.05) is 46.5 Å². The van der Waals surface area contributed by atoms with E-state index in [0.29, 0.717) is 5.78 Å². The molecule has 0 aliphatic carbocycles. The zero-order valence-electron chi connectivity index (χ0n) is 12.3. The van der Waals surface area contributed by atoms with Crippen molar-refractivity contribution in [1.82, 2.24) is 4.57 Å². The first-order valence-corrected chi connectivity index (χ1v) is 7.21. The fourth-order valence-electron chi connectivity index (χ4n) is 2.49. The summed E-state index contributed by atoms with van der Waals surface area (Å²) in [5, 5.41) is 0. The molecule has 0 radical (unpaired) electrons. The summed E-state index contributed by atoms with van der Waals surface area (Å²) in [4.78, 5) is 12.7. The van der Waals surface area contributed by atoms with Crippen LogP contribution < -0.4 is 0 Å². The Balaban J connectivity index is 2.88. The Bertz CT molecular complexity index is 370. The van der Waals surface area contributed by atoms with Crippen molar-refractivity contribution in [2.24, 2.45) is 12.5 Å². The highest BCUT2D eigenvalue weighted by atomic mass is 16.1. The molecule has 0 bridgehead atoms. The summed E-state index contributed by atoms with van der Waals surface area (Å²) in [7, 11) is 1.95. The summed E-state index contributed by atoms with van der Waals surface area (Å²) in [6.45, 7) is 6.52. The predicted octanol–water partition coefficient (Wildman–Crippen LogP) is 4.59. The van der Waals surface area contributed by atoms with E-state index in [2.05, 4.69) is 20.8 Å². The van der Waals surface area contributed by atoms with E-state index < -0.39 is 0 Å². The van der Waals surface area contributed by atoms with Crippen molar-refractivity contribution in [3.05, 3.63) is 24.0 Å². The maximum atomic E-state index is 12.7. The van der Waals surface area contributed by atoms with Crippen molar-refractivity contribution in [2.75, 3.05) is 0 Å². The quantitative estimate of drug-likeness (QED) is 0.617. The van der Waals surface area contributed by atoms with Gasteiger partial charge in [-0.3, -0.25) is 4.79 Å². The van der Waals surface area contributed by atoms with Gasteiger partial charge in [-0.2, -0.15) is 0 Å². The molecule has 0 amide bonds. The molecule has 0 N–H and O–H groups in total. The fraction of sp³-hybridized carbons (Fsp3) is 0.688. The Labute approximate surface area is 111 Å². The first-order valence-electron chi connectivity index (χ1n) is 7.21. The molecule has 0 unspecified atom stereocenters. The molecule has 1 heterocycles. The Kier molecular flexibility index (Phi) is 5.64. The lowest BCUT2D eigenvalue weighted by atomic mass is 9.75. The Morgan fingerprint density at radius 1 is 1.22 bits per heavy atom. The highest BCUT2D eigenvalue weighted by molar-refractivity contribution is 5.99. The smallest absolute Gasteiger partial charge is 0.185 e. The van der Waals surface area contributed by atoms with E-state index >= 15 is 0 Å². The van der Waals surface area contributed by atoms with Crippen LogP contribution in [0.3, 0.4) is 0 Å². The predicted molar refractivity (Wildman–Crippen MR) is 76.9 cm³/mol. The molecular weight excluding hydrogens is 222 g/mol. The third-order valence-electron chi connectivity index (χ3n) is 3.89. The van der Waals surface area contributed by atoms with Gasteiger partial charge in [0, 0.05) is 18.7 Å². The standard InChI is InChI=1S/C16H27NO/c1-5-7-11-16(3,12-8-6-2)15(18)14-10-9-13-17(14)4/h9-10,13H,5-8,11-12H2,1-4H3. The van der Waals surface area contributed by atoms with E-state index in [9.17, 15) is 4.79 Å². The molecule has 0 fully saturated rings. The lowest BCUT2D eigenvalue weighted by Crippen LogP contribution is -2.29. The minimum Gasteiger partial charge on any atom is -0.348 e. The van der Waals surface area contributed by atoms with Crippen LogP contribution in [0.25, 0.3) is 0 Å². The third-order valence-corrected chi connectivity index (χ3v) is 3.89. The van der Waals surface area contributed by atoms with E-state index in [0.717, 1.165) is 44.2 Å². The molecule has 1 rings (SSSR count). The summed E-state index contributed by atoms with van der Waals surface area (Å²) in [6, 6.07) is 3.89. The van der Waals surface area contributed by atoms with Gasteiger partial charge in [0.15, 0.2) is 5.78 Å². The van der Waals surface area contributed by atoms with Gasteiger partial charge in [-0.25, -0.2) is 0 Å². The number of ketones is 1. The number of Topliss-reactive ketones (excluding diaryl/α,β-unsaturated/α-hetero) is 1. The van der Waals surface area contributed by atoms with Crippen molar-refractivity contribution < 1.29 is 4.79 Å². The van der Waals surface area contributed by atoms with Crippen molar-refractivity contribution in [3.8, 4) is 0 Å². The molecule has 0 aliphatic rings. The summed E-state index contributed by atoms with van der Waals surface area (Å²) in [6.07, 6.45) is 8.55. The maximum absolute atomic E-state index is 12.7. The maximum Gasteiger partial charge on any atom is 0.185 e. The number of unbranched alkanes of at least 4 members (excludes halogenated alkanes) is 2. The van der Waals surface area contributed by atoms with Gasteiger partial charge in [0.1, 0.15) is 0 Å². The van der Waals surface area contributed by atoms with Crippen LogP contribution in [-0.4, -0.2) is 10.4 Å². The fourth-order valence-corrected chi connectivity index (χ4v) is 2.49. The molecule has 0 saturated heterocycles. The van der Waals surface area contributed by atoms with Crippen LogP contribution in [0.4, 0.5) is 0 Å². The average molecular weight is 249 g/mol. The van der Waals surface area contributed by atoms with Gasteiger partial charge in [-0.05, 0) is 25.0 Å². The van der Waals surface area contributed by atoms with Gasteiger partial charge >= 0.3 is 0 Å². The molecule has 2 nitrogen and oxygen atoms in total. The number of aryl methyl sites for hydroxylation is 1. The molecule has 0 aliphatic heterocycles. The molecule has 0 spiro atoms. The van der Waals surface area contributed by atoms with E-state index in [1.54, 1.807) is 0 Å². The van der Waals surface area contributed by atoms with Gasteiger partial charge in [0.05, 0.1) is 5.69 Å². The molecule has 0 aromatic carbocycles. The summed E-state index contributed by atoms with van der Waals surface area (Å²) in [5.41, 5.74) is 0.669. The first kappa shape index (κ1) is 15.0. The van der Waals surface area contributed by atoms with Crippen molar-refractivity contribution in [2.45, 2.75) is 59.3 Å². The summed E-state index contributed by atoms with van der Waals surface area (Å²) in [5.74, 6) is 0.317.